The molecular weight excluding hydrogens is 671 g/mol. The molecule has 0 fully saturated rings. The van der Waals surface area contributed by atoms with E-state index in [-0.39, 0.29) is 12.5 Å². The molecule has 52 heavy (non-hydrogen) atoms. The molecule has 9 heteroatoms. The van der Waals surface area contributed by atoms with Gasteiger partial charge in [-0.2, -0.15) is 0 Å². The van der Waals surface area contributed by atoms with Crippen LogP contribution in [-0.4, -0.2) is 68.5 Å². The molecule has 0 rings (SSSR count). The zero-order chi connectivity index (χ0) is 38.6. The summed E-state index contributed by atoms with van der Waals surface area (Å²) in [6, 6.07) is -0.895. The van der Waals surface area contributed by atoms with E-state index in [1.165, 1.54) is 128 Å². The van der Waals surface area contributed by atoms with Crippen molar-refractivity contribution in [1.82, 2.24) is 5.32 Å². The third-order valence-electron chi connectivity index (χ3n) is 9.65. The Labute approximate surface area is 322 Å². The summed E-state index contributed by atoms with van der Waals surface area (Å²) in [5, 5.41) is 13.6. The van der Waals surface area contributed by atoms with Gasteiger partial charge < -0.3 is 28.8 Å². The first kappa shape index (κ1) is 51.0. The van der Waals surface area contributed by atoms with Crippen molar-refractivity contribution in [2.45, 2.75) is 206 Å². The summed E-state index contributed by atoms with van der Waals surface area (Å²) in [6.07, 6.45) is 41.2. The van der Waals surface area contributed by atoms with Crippen molar-refractivity contribution in [3.8, 4) is 0 Å². The second-order valence-electron chi connectivity index (χ2n) is 16.0. The molecule has 0 aromatic heterocycles. The minimum atomic E-state index is -4.58. The number of unbranched alkanes of at least 4 members (excludes halogenated alkanes) is 24. The highest BCUT2D eigenvalue weighted by Gasteiger charge is 2.23. The number of likely N-dealkylation sites (N-methyl/N-ethyl adjacent to an activating group) is 1. The molecule has 1 amide bonds. The number of aliphatic hydroxyl groups excluding tert-OH is 1. The highest BCUT2D eigenvalue weighted by atomic mass is 31.2. The summed E-state index contributed by atoms with van der Waals surface area (Å²) >= 11 is 0. The summed E-state index contributed by atoms with van der Waals surface area (Å²) in [5.41, 5.74) is 0. The topological polar surface area (TPSA) is 108 Å². The van der Waals surface area contributed by atoms with E-state index in [1.807, 2.05) is 27.2 Å². The molecule has 0 radical (unpaired) electrons. The first-order valence-corrected chi connectivity index (χ1v) is 23.2. The van der Waals surface area contributed by atoms with Gasteiger partial charge >= 0.3 is 0 Å². The highest BCUT2D eigenvalue weighted by Crippen LogP contribution is 2.38. The van der Waals surface area contributed by atoms with Crippen molar-refractivity contribution in [2.75, 3.05) is 40.9 Å². The van der Waals surface area contributed by atoms with E-state index in [4.69, 9.17) is 9.05 Å². The summed E-state index contributed by atoms with van der Waals surface area (Å²) in [4.78, 5) is 25.1. The first-order valence-electron chi connectivity index (χ1n) is 21.7. The van der Waals surface area contributed by atoms with Gasteiger partial charge in [0.2, 0.25) is 5.91 Å². The van der Waals surface area contributed by atoms with Crippen molar-refractivity contribution >= 4 is 13.7 Å². The number of rotatable bonds is 39. The molecule has 0 aliphatic heterocycles. The predicted molar refractivity (Wildman–Crippen MR) is 219 cm³/mol. The molecule has 0 aliphatic carbocycles. The van der Waals surface area contributed by atoms with Crippen molar-refractivity contribution in [1.29, 1.82) is 0 Å². The number of quaternary nitrogens is 1. The monoisotopic (exact) mass is 757 g/mol. The van der Waals surface area contributed by atoms with E-state index in [0.717, 1.165) is 44.9 Å². The number of hydrogen-bond donors (Lipinski definition) is 2. The summed E-state index contributed by atoms with van der Waals surface area (Å²) in [6.45, 7) is 4.52. The summed E-state index contributed by atoms with van der Waals surface area (Å²) in [5.74, 6) is -0.210. The van der Waals surface area contributed by atoms with E-state index < -0.39 is 26.6 Å². The summed E-state index contributed by atoms with van der Waals surface area (Å²) < 4.78 is 23.0. The average molecular weight is 757 g/mol. The van der Waals surface area contributed by atoms with Crippen LogP contribution >= 0.6 is 7.82 Å². The van der Waals surface area contributed by atoms with E-state index in [2.05, 4.69) is 31.3 Å². The van der Waals surface area contributed by atoms with Gasteiger partial charge in [0.25, 0.3) is 7.82 Å². The lowest BCUT2D eigenvalue weighted by Crippen LogP contribution is -2.45. The molecular formula is C43H85N2O6P. The predicted octanol–water partition coefficient (Wildman–Crippen LogP) is 11.1. The number of phosphoric ester groups is 1. The SMILES string of the molecule is CCC/C=C/CC/C=C/C(O)C(COP(=O)([O-])OCC[N+](C)(C)C)NC(=O)CCCCCCCCCCCCCCCCCCCCCCCCC. The Kier molecular flexibility index (Phi) is 35.0. The fourth-order valence-corrected chi connectivity index (χ4v) is 6.90. The van der Waals surface area contributed by atoms with Gasteiger partial charge in [0.1, 0.15) is 13.2 Å². The third-order valence-corrected chi connectivity index (χ3v) is 10.6. The second-order valence-corrected chi connectivity index (χ2v) is 17.5. The number of amides is 1. The maximum Gasteiger partial charge on any atom is 0.268 e. The molecule has 0 saturated carbocycles. The second kappa shape index (κ2) is 35.7. The Morgan fingerprint density at radius 3 is 1.52 bits per heavy atom. The molecule has 0 heterocycles. The van der Waals surface area contributed by atoms with Gasteiger partial charge in [-0.1, -0.05) is 186 Å². The van der Waals surface area contributed by atoms with Crippen LogP contribution in [0.4, 0.5) is 0 Å². The van der Waals surface area contributed by atoms with Crippen molar-refractivity contribution in [3.63, 3.8) is 0 Å². The Morgan fingerprint density at radius 2 is 1.08 bits per heavy atom. The molecule has 3 atom stereocenters. The Morgan fingerprint density at radius 1 is 0.654 bits per heavy atom. The molecule has 2 N–H and O–H groups in total. The maximum absolute atomic E-state index is 12.8. The van der Waals surface area contributed by atoms with Crippen LogP contribution in [0.1, 0.15) is 194 Å². The van der Waals surface area contributed by atoms with Crippen LogP contribution in [0.2, 0.25) is 0 Å². The largest absolute Gasteiger partial charge is 0.756 e. The number of carbonyl (C=O) groups excluding carboxylic acids is 1. The minimum Gasteiger partial charge on any atom is -0.756 e. The minimum absolute atomic E-state index is 0.00511. The van der Waals surface area contributed by atoms with Gasteiger partial charge in [-0.05, 0) is 25.7 Å². The standard InChI is InChI=1S/C43H85N2O6P/c1-6-8-10-12-14-15-16-17-18-19-20-21-22-23-24-25-26-27-28-29-31-33-35-37-43(47)44-41(42(46)36-34-32-30-13-11-9-7-2)40-51-52(48,49)50-39-38-45(3,4)5/h11,13,34,36,41-42,46H,6-10,12,14-33,35,37-40H2,1-5H3,(H-,44,47,48,49)/b13-11+,36-34+. The number of nitrogens with zero attached hydrogens (tertiary/aromatic N) is 1. The van der Waals surface area contributed by atoms with Crippen molar-refractivity contribution < 1.29 is 32.9 Å². The van der Waals surface area contributed by atoms with Gasteiger partial charge in [0, 0.05) is 6.42 Å². The Bertz CT molecular complexity index is 907. The van der Waals surface area contributed by atoms with Crippen LogP contribution in [0, 0.1) is 0 Å². The number of phosphoric acid groups is 1. The number of aliphatic hydroxyl groups is 1. The fraction of sp³-hybridized carbons (Fsp3) is 0.884. The van der Waals surface area contributed by atoms with Crippen LogP contribution in [-0.2, 0) is 18.4 Å². The van der Waals surface area contributed by atoms with Gasteiger partial charge in [-0.25, -0.2) is 0 Å². The number of carbonyl (C=O) groups is 1. The lowest BCUT2D eigenvalue weighted by Gasteiger charge is -2.29. The van der Waals surface area contributed by atoms with Crippen molar-refractivity contribution in [3.05, 3.63) is 24.3 Å². The van der Waals surface area contributed by atoms with E-state index in [1.54, 1.807) is 6.08 Å². The maximum atomic E-state index is 12.8. The quantitative estimate of drug-likeness (QED) is 0.0280. The molecule has 0 spiro atoms. The molecule has 0 bridgehead atoms. The first-order chi connectivity index (χ1) is 25.0. The van der Waals surface area contributed by atoms with E-state index >= 15 is 0 Å². The average Bonchev–Trinajstić information content (AvgIpc) is 3.09. The lowest BCUT2D eigenvalue weighted by atomic mass is 10.0. The summed E-state index contributed by atoms with van der Waals surface area (Å²) in [7, 11) is 1.24. The van der Waals surface area contributed by atoms with E-state index in [9.17, 15) is 19.4 Å². The van der Waals surface area contributed by atoms with Gasteiger partial charge in [0.15, 0.2) is 0 Å². The van der Waals surface area contributed by atoms with Gasteiger partial charge in [-0.3, -0.25) is 9.36 Å². The fourth-order valence-electron chi connectivity index (χ4n) is 6.18. The van der Waals surface area contributed by atoms with Gasteiger partial charge in [0.05, 0.1) is 39.9 Å². The normalized spacial score (nSPS) is 14.7. The number of hydrogen-bond acceptors (Lipinski definition) is 6. The van der Waals surface area contributed by atoms with Gasteiger partial charge in [-0.15, -0.1) is 0 Å². The smallest absolute Gasteiger partial charge is 0.268 e. The van der Waals surface area contributed by atoms with E-state index in [0.29, 0.717) is 17.4 Å². The lowest BCUT2D eigenvalue weighted by molar-refractivity contribution is -0.870. The number of allylic oxidation sites excluding steroid dienone is 3. The van der Waals surface area contributed by atoms with Crippen LogP contribution in [0.25, 0.3) is 0 Å². The zero-order valence-corrected chi connectivity index (χ0v) is 35.7. The molecule has 0 aliphatic rings. The molecule has 8 nitrogen and oxygen atoms in total. The van der Waals surface area contributed by atoms with Crippen LogP contribution in [0.5, 0.6) is 0 Å². The third kappa shape index (κ3) is 37.3. The van der Waals surface area contributed by atoms with Crippen LogP contribution in [0.3, 0.4) is 0 Å². The molecule has 0 saturated heterocycles. The molecule has 308 valence electrons. The zero-order valence-electron chi connectivity index (χ0n) is 34.8. The number of nitrogens with one attached hydrogen (secondary N) is 1. The van der Waals surface area contributed by atoms with Crippen LogP contribution in [0.15, 0.2) is 24.3 Å². The highest BCUT2D eigenvalue weighted by molar-refractivity contribution is 7.45. The molecule has 0 aromatic carbocycles. The molecule has 0 aromatic rings. The van der Waals surface area contributed by atoms with Crippen LogP contribution < -0.4 is 10.2 Å². The van der Waals surface area contributed by atoms with Crippen molar-refractivity contribution in [2.24, 2.45) is 0 Å². The molecule has 3 unspecified atom stereocenters. The Balaban J connectivity index is 4.10. The Hall–Kier alpha value is -1.02.